The highest BCUT2D eigenvalue weighted by molar-refractivity contribution is 7.88. The molecule has 0 radical (unpaired) electrons. The summed E-state index contributed by atoms with van der Waals surface area (Å²) in [5.74, 6) is -0.628. The molecular weight excluding hydrogens is 700 g/mol. The minimum atomic E-state index is -4.52. The van der Waals surface area contributed by atoms with Crippen molar-refractivity contribution in [2.75, 3.05) is 55.7 Å². The Morgan fingerprint density at radius 1 is 0.939 bits per heavy atom. The number of fused-ring (bicyclic) bond motifs is 1. The van der Waals surface area contributed by atoms with E-state index in [9.17, 15) is 26.4 Å². The summed E-state index contributed by atoms with van der Waals surface area (Å²) < 4.78 is 67.4. The summed E-state index contributed by atoms with van der Waals surface area (Å²) in [6, 6.07) is 16.8. The van der Waals surface area contributed by atoms with Crippen LogP contribution in [0.1, 0.15) is 33.6 Å². The van der Waals surface area contributed by atoms with Crippen LogP contribution in [0.5, 0.6) is 0 Å². The number of amides is 1. The number of alkyl halides is 3. The fourth-order valence-corrected chi connectivity index (χ4v) is 7.42. The maximum absolute atomic E-state index is 13.0. The lowest BCUT2D eigenvalue weighted by atomic mass is 10.0. The van der Waals surface area contributed by atoms with Gasteiger partial charge >= 0.3 is 6.18 Å². The molecule has 4 aromatic rings. The van der Waals surface area contributed by atoms with Gasteiger partial charge in [-0.1, -0.05) is 35.3 Å². The first-order valence-electron chi connectivity index (χ1n) is 15.8. The number of halogens is 5. The van der Waals surface area contributed by atoms with Crippen molar-refractivity contribution >= 4 is 50.5 Å². The van der Waals surface area contributed by atoms with E-state index in [1.54, 1.807) is 18.2 Å². The molecule has 3 heterocycles. The number of rotatable bonds is 9. The van der Waals surface area contributed by atoms with Crippen molar-refractivity contribution in [2.45, 2.75) is 32.1 Å². The number of piperazine rings is 1. The largest absolute Gasteiger partial charge is 0.416 e. The van der Waals surface area contributed by atoms with Crippen molar-refractivity contribution in [3.63, 3.8) is 0 Å². The molecule has 2 aliphatic heterocycles. The number of nitrogens with zero attached hydrogens (tertiary/aromatic N) is 5. The van der Waals surface area contributed by atoms with Gasteiger partial charge in [0.15, 0.2) is 0 Å². The van der Waals surface area contributed by atoms with Gasteiger partial charge in [0.1, 0.15) is 0 Å². The Kier molecular flexibility index (Phi) is 10.3. The molecule has 2 aliphatic rings. The van der Waals surface area contributed by atoms with Gasteiger partial charge in [0, 0.05) is 91.9 Å². The molecule has 0 spiro atoms. The number of hydrogen-bond acceptors (Lipinski definition) is 6. The van der Waals surface area contributed by atoms with Gasteiger partial charge in [0.05, 0.1) is 28.2 Å². The lowest BCUT2D eigenvalue weighted by molar-refractivity contribution is -0.137. The molecule has 260 valence electrons. The first-order valence-corrected chi connectivity index (χ1v) is 18.4. The molecule has 0 bridgehead atoms. The maximum Gasteiger partial charge on any atom is 0.416 e. The predicted octanol–water partition coefficient (Wildman–Crippen LogP) is 6.66. The minimum absolute atomic E-state index is 0.0331. The third-order valence-corrected chi connectivity index (χ3v) is 10.7. The van der Waals surface area contributed by atoms with Crippen molar-refractivity contribution in [3.05, 3.63) is 99.2 Å². The average molecular weight is 736 g/mol. The van der Waals surface area contributed by atoms with Crippen molar-refractivity contribution in [2.24, 2.45) is 0 Å². The summed E-state index contributed by atoms with van der Waals surface area (Å²) >= 11 is 12.6. The maximum atomic E-state index is 13.0. The van der Waals surface area contributed by atoms with Gasteiger partial charge in [-0.2, -0.15) is 22.6 Å². The molecule has 15 heteroatoms. The highest BCUT2D eigenvalue weighted by atomic mass is 35.5. The molecule has 6 rings (SSSR count). The minimum Gasteiger partial charge on any atom is -0.369 e. The molecule has 1 fully saturated rings. The quantitative estimate of drug-likeness (QED) is 0.207. The number of nitrogens with one attached hydrogen (secondary N) is 1. The van der Waals surface area contributed by atoms with Gasteiger partial charge in [0.2, 0.25) is 10.0 Å². The summed E-state index contributed by atoms with van der Waals surface area (Å²) in [5.41, 5.74) is 3.50. The molecule has 0 saturated carbocycles. The molecule has 1 saturated heterocycles. The SMILES string of the molecule is CS(=O)(=O)N1CCc2c(c(-c3ccc(Cl)c(NC(=O)c4ccc(C(F)(F)F)cc4)c3)nn2CCCN2CCN(c3cccc(Cl)c3)CC2)C1. The summed E-state index contributed by atoms with van der Waals surface area (Å²) in [6.45, 7) is 5.66. The van der Waals surface area contributed by atoms with E-state index in [1.165, 1.54) is 10.6 Å². The first-order chi connectivity index (χ1) is 23.3. The van der Waals surface area contributed by atoms with E-state index in [0.717, 1.165) is 85.4 Å². The third kappa shape index (κ3) is 8.24. The fourth-order valence-electron chi connectivity index (χ4n) is 6.29. The molecule has 1 amide bonds. The monoisotopic (exact) mass is 734 g/mol. The molecule has 1 N–H and O–H groups in total. The lowest BCUT2D eigenvalue weighted by Gasteiger charge is -2.36. The first kappa shape index (κ1) is 35.2. The summed E-state index contributed by atoms with van der Waals surface area (Å²) in [6.07, 6.45) is -1.99. The van der Waals surface area contributed by atoms with Crippen LogP contribution in [0.2, 0.25) is 10.0 Å². The summed E-state index contributed by atoms with van der Waals surface area (Å²) in [5, 5.41) is 8.60. The smallest absolute Gasteiger partial charge is 0.369 e. The zero-order valence-electron chi connectivity index (χ0n) is 26.7. The Labute approximate surface area is 293 Å². The molecule has 0 atom stereocenters. The number of carbonyl (C=O) groups excluding carboxylic acids is 1. The summed E-state index contributed by atoms with van der Waals surface area (Å²) in [7, 11) is -3.46. The second-order valence-corrected chi connectivity index (χ2v) is 15.1. The number of hydrogen-bond donors (Lipinski definition) is 1. The summed E-state index contributed by atoms with van der Waals surface area (Å²) in [4.78, 5) is 17.7. The fraction of sp³-hybridized carbons (Fsp3) is 0.353. The van der Waals surface area contributed by atoms with Crippen LogP contribution in [0.15, 0.2) is 66.7 Å². The van der Waals surface area contributed by atoms with Gasteiger partial charge in [0.25, 0.3) is 5.91 Å². The van der Waals surface area contributed by atoms with Crippen LogP contribution < -0.4 is 10.2 Å². The van der Waals surface area contributed by atoms with Crippen molar-refractivity contribution in [1.82, 2.24) is 19.0 Å². The standard InChI is InChI=1S/C34H35Cl2F3N6O3S/c1-49(47,48)44-15-12-31-28(22-44)32(41-45(31)14-3-13-42-16-18-43(19-17-42)27-5-2-4-26(35)21-27)24-8-11-29(36)30(20-24)40-33(46)23-6-9-25(10-7-23)34(37,38)39/h2,4-11,20-21H,3,12-19,22H2,1H3,(H,40,46). The number of anilines is 2. The van der Waals surface area contributed by atoms with Crippen LogP contribution >= 0.6 is 23.2 Å². The van der Waals surface area contributed by atoms with Gasteiger partial charge in [-0.05, 0) is 61.0 Å². The lowest BCUT2D eigenvalue weighted by Crippen LogP contribution is -2.46. The molecule has 3 aromatic carbocycles. The number of sulfonamides is 1. The van der Waals surface area contributed by atoms with Crippen LogP contribution in [-0.4, -0.2) is 78.8 Å². The topological polar surface area (TPSA) is 90.8 Å². The van der Waals surface area contributed by atoms with E-state index in [4.69, 9.17) is 28.3 Å². The average Bonchev–Trinajstić information content (AvgIpc) is 3.43. The number of aryl methyl sites for hydroxylation is 1. The Morgan fingerprint density at radius 3 is 2.35 bits per heavy atom. The normalized spacial score (nSPS) is 16.1. The van der Waals surface area contributed by atoms with Gasteiger partial charge < -0.3 is 10.2 Å². The molecule has 1 aromatic heterocycles. The predicted molar refractivity (Wildman–Crippen MR) is 186 cm³/mol. The van der Waals surface area contributed by atoms with E-state index in [-0.39, 0.29) is 22.8 Å². The van der Waals surface area contributed by atoms with Gasteiger partial charge in [-0.25, -0.2) is 8.42 Å². The van der Waals surface area contributed by atoms with Crippen LogP contribution in [0.25, 0.3) is 11.3 Å². The number of aromatic nitrogens is 2. The molecule has 9 nitrogen and oxygen atoms in total. The van der Waals surface area contributed by atoms with Gasteiger partial charge in [-0.15, -0.1) is 0 Å². The van der Waals surface area contributed by atoms with E-state index in [0.29, 0.717) is 30.8 Å². The molecule has 0 unspecified atom stereocenters. The number of carbonyl (C=O) groups is 1. The Morgan fingerprint density at radius 2 is 1.67 bits per heavy atom. The van der Waals surface area contributed by atoms with Crippen molar-refractivity contribution in [1.29, 1.82) is 0 Å². The van der Waals surface area contributed by atoms with E-state index in [1.807, 2.05) is 22.9 Å². The Bertz CT molecular complexity index is 1950. The molecular formula is C34H35Cl2F3N6O3S. The molecule has 49 heavy (non-hydrogen) atoms. The van der Waals surface area contributed by atoms with E-state index >= 15 is 0 Å². The molecule has 0 aliphatic carbocycles. The van der Waals surface area contributed by atoms with Crippen molar-refractivity contribution in [3.8, 4) is 11.3 Å². The second-order valence-electron chi connectivity index (χ2n) is 12.2. The van der Waals surface area contributed by atoms with Crippen molar-refractivity contribution < 1.29 is 26.4 Å². The highest BCUT2D eigenvalue weighted by Gasteiger charge is 2.31. The second kappa shape index (κ2) is 14.3. The van der Waals surface area contributed by atoms with Crippen LogP contribution in [0.4, 0.5) is 24.5 Å². The third-order valence-electron chi connectivity index (χ3n) is 8.92. The van der Waals surface area contributed by atoms with Crippen LogP contribution in [0.3, 0.4) is 0 Å². The number of benzene rings is 3. The van der Waals surface area contributed by atoms with Gasteiger partial charge in [-0.3, -0.25) is 14.4 Å². The Hall–Kier alpha value is -3.62. The van der Waals surface area contributed by atoms with E-state index in [2.05, 4.69) is 21.2 Å². The zero-order chi connectivity index (χ0) is 34.9. The zero-order valence-corrected chi connectivity index (χ0v) is 29.0. The Balaban J connectivity index is 1.18. The van der Waals surface area contributed by atoms with Crippen LogP contribution in [0, 0.1) is 0 Å². The van der Waals surface area contributed by atoms with E-state index < -0.39 is 27.7 Å². The highest BCUT2D eigenvalue weighted by Crippen LogP contribution is 2.35. The van der Waals surface area contributed by atoms with Crippen LogP contribution in [-0.2, 0) is 35.7 Å².